The van der Waals surface area contributed by atoms with Crippen LogP contribution in [-0.4, -0.2) is 20.2 Å². The fourth-order valence-electron chi connectivity index (χ4n) is 0.834. The Hall–Kier alpha value is -0.390. The van der Waals surface area contributed by atoms with Gasteiger partial charge in [-0.05, 0) is 15.9 Å². The van der Waals surface area contributed by atoms with E-state index in [1.165, 1.54) is 10.8 Å². The van der Waals surface area contributed by atoms with Crippen molar-refractivity contribution in [1.29, 1.82) is 0 Å². The van der Waals surface area contributed by atoms with Gasteiger partial charge in [-0.15, -0.1) is 0 Å². The maximum absolute atomic E-state index is 11.1. The maximum atomic E-state index is 11.1. The molecule has 72 valence electrons. The second-order valence-electron chi connectivity index (χ2n) is 2.47. The normalized spacial score (nSPS) is 12.8. The predicted octanol–water partition coefficient (Wildman–Crippen LogP) is 0.953. The number of aryl methyl sites for hydroxylation is 1. The average molecular weight is 268 g/mol. The Labute approximate surface area is 88.3 Å². The van der Waals surface area contributed by atoms with E-state index >= 15 is 0 Å². The quantitative estimate of drug-likeness (QED) is 0.830. The summed E-state index contributed by atoms with van der Waals surface area (Å²) in [5.74, 6) is 0. The Bertz CT molecular complexity index is 340. The van der Waals surface area contributed by atoms with Gasteiger partial charge >= 0.3 is 5.69 Å². The van der Waals surface area contributed by atoms with Crippen molar-refractivity contribution in [1.82, 2.24) is 9.55 Å². The lowest BCUT2D eigenvalue weighted by Gasteiger charge is -2.05. The maximum Gasteiger partial charge on any atom is 0.347 e. The fourth-order valence-corrected chi connectivity index (χ4v) is 1.28. The number of halogens is 2. The highest BCUT2D eigenvalue weighted by atomic mass is 79.9. The summed E-state index contributed by atoms with van der Waals surface area (Å²) in [7, 11) is 0. The van der Waals surface area contributed by atoms with Crippen LogP contribution in [0.1, 0.15) is 6.42 Å². The molecule has 0 saturated heterocycles. The van der Waals surface area contributed by atoms with Crippen molar-refractivity contribution >= 4 is 27.5 Å². The third-order valence-corrected chi connectivity index (χ3v) is 2.06. The second-order valence-corrected chi connectivity index (χ2v) is 3.89. The zero-order valence-corrected chi connectivity index (χ0v) is 8.99. The number of hydrogen-bond acceptors (Lipinski definition) is 3. The Morgan fingerprint density at radius 1 is 1.77 bits per heavy atom. The van der Waals surface area contributed by atoms with Crippen molar-refractivity contribution in [3.63, 3.8) is 0 Å². The van der Waals surface area contributed by atoms with E-state index in [2.05, 4.69) is 20.9 Å². The summed E-state index contributed by atoms with van der Waals surface area (Å²) >= 11 is 8.51. The first kappa shape index (κ1) is 10.7. The molecule has 1 aromatic rings. The van der Waals surface area contributed by atoms with Crippen LogP contribution in [0.25, 0.3) is 0 Å². The van der Waals surface area contributed by atoms with E-state index in [0.717, 1.165) is 4.47 Å². The first-order chi connectivity index (χ1) is 6.09. The SMILES string of the molecule is O=c1ncc(Br)cn1CCC(O)Cl. The van der Waals surface area contributed by atoms with Gasteiger partial charge in [0, 0.05) is 25.4 Å². The van der Waals surface area contributed by atoms with E-state index in [0.29, 0.717) is 13.0 Å². The van der Waals surface area contributed by atoms with Crippen molar-refractivity contribution < 1.29 is 5.11 Å². The highest BCUT2D eigenvalue weighted by Gasteiger charge is 2.01. The molecule has 0 aliphatic carbocycles. The average Bonchev–Trinajstić information content (AvgIpc) is 2.06. The van der Waals surface area contributed by atoms with E-state index in [4.69, 9.17) is 16.7 Å². The molecule has 0 amide bonds. The van der Waals surface area contributed by atoms with Crippen LogP contribution in [0.5, 0.6) is 0 Å². The number of aliphatic hydroxyl groups excluding tert-OH is 1. The molecule has 1 atom stereocenters. The number of aromatic nitrogens is 2. The first-order valence-electron chi connectivity index (χ1n) is 3.63. The molecule has 4 nitrogen and oxygen atoms in total. The van der Waals surface area contributed by atoms with Crippen molar-refractivity contribution in [2.75, 3.05) is 0 Å². The Morgan fingerprint density at radius 2 is 2.46 bits per heavy atom. The first-order valence-corrected chi connectivity index (χ1v) is 4.86. The lowest BCUT2D eigenvalue weighted by atomic mass is 10.4. The third kappa shape index (κ3) is 3.46. The molecule has 1 rings (SSSR count). The summed E-state index contributed by atoms with van der Waals surface area (Å²) in [4.78, 5) is 14.7. The summed E-state index contributed by atoms with van der Waals surface area (Å²) in [5, 5.41) is 8.79. The summed E-state index contributed by atoms with van der Waals surface area (Å²) in [6.45, 7) is 0.357. The lowest BCUT2D eigenvalue weighted by Crippen LogP contribution is -2.23. The van der Waals surface area contributed by atoms with Crippen molar-refractivity contribution in [3.8, 4) is 0 Å². The van der Waals surface area contributed by atoms with Gasteiger partial charge in [-0.1, -0.05) is 11.6 Å². The van der Waals surface area contributed by atoms with Crippen LogP contribution in [0, 0.1) is 0 Å². The van der Waals surface area contributed by atoms with Gasteiger partial charge < -0.3 is 5.11 Å². The van der Waals surface area contributed by atoms with Crippen LogP contribution in [0.3, 0.4) is 0 Å². The van der Waals surface area contributed by atoms with Gasteiger partial charge in [0.25, 0.3) is 0 Å². The molecule has 1 unspecified atom stereocenters. The molecule has 0 radical (unpaired) electrons. The Kier molecular flexibility index (Phi) is 3.90. The van der Waals surface area contributed by atoms with Crippen LogP contribution in [-0.2, 0) is 6.54 Å². The molecule has 0 aliphatic heterocycles. The molecule has 0 aliphatic rings. The van der Waals surface area contributed by atoms with Gasteiger partial charge in [-0.3, -0.25) is 4.57 Å². The van der Waals surface area contributed by atoms with E-state index in [1.807, 2.05) is 0 Å². The van der Waals surface area contributed by atoms with Gasteiger partial charge in [0.05, 0.1) is 4.47 Å². The Balaban J connectivity index is 2.76. The van der Waals surface area contributed by atoms with Crippen molar-refractivity contribution in [3.05, 3.63) is 27.4 Å². The van der Waals surface area contributed by atoms with Gasteiger partial charge in [-0.2, -0.15) is 0 Å². The summed E-state index contributed by atoms with van der Waals surface area (Å²) < 4.78 is 2.10. The largest absolute Gasteiger partial charge is 0.378 e. The summed E-state index contributed by atoms with van der Waals surface area (Å²) in [6.07, 6.45) is 3.35. The molecule has 0 spiro atoms. The molecule has 1 N–H and O–H groups in total. The van der Waals surface area contributed by atoms with Crippen LogP contribution in [0.15, 0.2) is 21.7 Å². The van der Waals surface area contributed by atoms with Gasteiger partial charge in [0.1, 0.15) is 5.56 Å². The molecule has 0 fully saturated rings. The number of rotatable bonds is 3. The van der Waals surface area contributed by atoms with Gasteiger partial charge in [-0.25, -0.2) is 9.78 Å². The van der Waals surface area contributed by atoms with Crippen LogP contribution in [0.2, 0.25) is 0 Å². The van der Waals surface area contributed by atoms with E-state index in [1.54, 1.807) is 6.20 Å². The van der Waals surface area contributed by atoms with E-state index < -0.39 is 5.56 Å². The molecule has 13 heavy (non-hydrogen) atoms. The molecule has 0 bridgehead atoms. The highest BCUT2D eigenvalue weighted by molar-refractivity contribution is 9.10. The van der Waals surface area contributed by atoms with Gasteiger partial charge in [0.2, 0.25) is 0 Å². The van der Waals surface area contributed by atoms with Crippen LogP contribution < -0.4 is 5.69 Å². The minimum atomic E-state index is -0.925. The van der Waals surface area contributed by atoms with Crippen LogP contribution in [0.4, 0.5) is 0 Å². The molecule has 0 aromatic carbocycles. The molecule has 1 aromatic heterocycles. The van der Waals surface area contributed by atoms with Crippen LogP contribution >= 0.6 is 27.5 Å². The molecular weight excluding hydrogens is 259 g/mol. The minimum Gasteiger partial charge on any atom is -0.378 e. The second kappa shape index (κ2) is 4.74. The molecular formula is C7H8BrClN2O2. The molecule has 6 heteroatoms. The lowest BCUT2D eigenvalue weighted by molar-refractivity contribution is 0.237. The third-order valence-electron chi connectivity index (χ3n) is 1.43. The standard InChI is InChI=1S/C7H8BrClN2O2/c8-5-3-10-7(13)11(4-5)2-1-6(9)12/h3-4,6,12H,1-2H2. The number of aliphatic hydroxyl groups is 1. The zero-order chi connectivity index (χ0) is 9.84. The van der Waals surface area contributed by atoms with Crippen molar-refractivity contribution in [2.45, 2.75) is 18.5 Å². The number of nitrogens with zero attached hydrogens (tertiary/aromatic N) is 2. The van der Waals surface area contributed by atoms with E-state index in [9.17, 15) is 4.79 Å². The molecule has 0 saturated carbocycles. The number of alkyl halides is 1. The topological polar surface area (TPSA) is 55.1 Å². The monoisotopic (exact) mass is 266 g/mol. The smallest absolute Gasteiger partial charge is 0.347 e. The minimum absolute atomic E-state index is 0.319. The summed E-state index contributed by atoms with van der Waals surface area (Å²) in [5.41, 5.74) is -1.27. The highest BCUT2D eigenvalue weighted by Crippen LogP contribution is 2.04. The van der Waals surface area contributed by atoms with E-state index in [-0.39, 0.29) is 5.69 Å². The molecule has 1 heterocycles. The van der Waals surface area contributed by atoms with Crippen molar-refractivity contribution in [2.24, 2.45) is 0 Å². The fraction of sp³-hybridized carbons (Fsp3) is 0.429. The zero-order valence-electron chi connectivity index (χ0n) is 6.65. The summed E-state index contributed by atoms with van der Waals surface area (Å²) in [6, 6.07) is 0. The predicted molar refractivity (Wildman–Crippen MR) is 52.7 cm³/mol. The number of hydrogen-bond donors (Lipinski definition) is 1. The Morgan fingerprint density at radius 3 is 3.08 bits per heavy atom. The van der Waals surface area contributed by atoms with Gasteiger partial charge in [0.15, 0.2) is 0 Å².